The first-order valence-electron chi connectivity index (χ1n) is 7.47. The molecule has 0 saturated heterocycles. The van der Waals surface area contributed by atoms with E-state index in [1.54, 1.807) is 0 Å². The summed E-state index contributed by atoms with van der Waals surface area (Å²) in [6, 6.07) is 0.647. The summed E-state index contributed by atoms with van der Waals surface area (Å²) in [5, 5.41) is 3.81. The van der Waals surface area contributed by atoms with E-state index in [1.165, 1.54) is 45.1 Å². The van der Waals surface area contributed by atoms with Crippen LogP contribution in [-0.4, -0.2) is 38.1 Å². The van der Waals surface area contributed by atoms with Crippen molar-refractivity contribution in [3.05, 3.63) is 0 Å². The first kappa shape index (κ1) is 15.0. The molecule has 0 bridgehead atoms. The maximum Gasteiger partial charge on any atom is 0.0217 e. The molecule has 1 aliphatic rings. The largest absolute Gasteiger partial charge is 0.312 e. The SMILES string of the molecule is CC(C)C(CN(C)C)NCC1CCCCCC1. The van der Waals surface area contributed by atoms with E-state index >= 15 is 0 Å². The van der Waals surface area contributed by atoms with Gasteiger partial charge in [-0.3, -0.25) is 0 Å². The molecule has 0 aromatic heterocycles. The molecule has 1 aliphatic carbocycles. The van der Waals surface area contributed by atoms with E-state index in [1.807, 2.05) is 0 Å². The molecule has 0 amide bonds. The third-order valence-corrected chi connectivity index (χ3v) is 4.01. The van der Waals surface area contributed by atoms with Crippen LogP contribution in [0.2, 0.25) is 0 Å². The molecule has 2 nitrogen and oxygen atoms in total. The maximum absolute atomic E-state index is 3.81. The fourth-order valence-electron chi connectivity index (χ4n) is 2.79. The van der Waals surface area contributed by atoms with Crippen LogP contribution in [0, 0.1) is 11.8 Å². The third kappa shape index (κ3) is 6.42. The predicted octanol–water partition coefficient (Wildman–Crippen LogP) is 3.13. The molecule has 2 heteroatoms. The molecule has 1 N–H and O–H groups in total. The van der Waals surface area contributed by atoms with E-state index < -0.39 is 0 Å². The second-order valence-electron chi connectivity index (χ2n) is 6.38. The molecule has 1 fully saturated rings. The zero-order valence-electron chi connectivity index (χ0n) is 12.3. The van der Waals surface area contributed by atoms with E-state index in [2.05, 4.69) is 38.2 Å². The Kier molecular flexibility index (Phi) is 7.14. The number of hydrogen-bond donors (Lipinski definition) is 1. The van der Waals surface area contributed by atoms with E-state index in [4.69, 9.17) is 0 Å². The van der Waals surface area contributed by atoms with Gasteiger partial charge in [0.2, 0.25) is 0 Å². The number of hydrogen-bond acceptors (Lipinski definition) is 2. The standard InChI is InChI=1S/C15H32N2/c1-13(2)15(12-17(3)4)16-11-14-9-7-5-6-8-10-14/h13-16H,5-12H2,1-4H3. The normalized spacial score (nSPS) is 20.8. The van der Waals surface area contributed by atoms with Gasteiger partial charge in [0, 0.05) is 12.6 Å². The Morgan fingerprint density at radius 2 is 1.65 bits per heavy atom. The zero-order valence-corrected chi connectivity index (χ0v) is 12.3. The molecular weight excluding hydrogens is 208 g/mol. The molecule has 1 unspecified atom stereocenters. The minimum Gasteiger partial charge on any atom is -0.312 e. The van der Waals surface area contributed by atoms with Gasteiger partial charge in [-0.25, -0.2) is 0 Å². The van der Waals surface area contributed by atoms with Crippen LogP contribution in [0.15, 0.2) is 0 Å². The highest BCUT2D eigenvalue weighted by molar-refractivity contribution is 4.76. The van der Waals surface area contributed by atoms with Gasteiger partial charge in [0.1, 0.15) is 0 Å². The number of rotatable bonds is 6. The average Bonchev–Trinajstić information content (AvgIpc) is 2.51. The fraction of sp³-hybridized carbons (Fsp3) is 1.00. The van der Waals surface area contributed by atoms with Crippen LogP contribution >= 0.6 is 0 Å². The van der Waals surface area contributed by atoms with Crippen molar-refractivity contribution in [2.75, 3.05) is 27.2 Å². The highest BCUT2D eigenvalue weighted by atomic mass is 15.1. The van der Waals surface area contributed by atoms with Crippen LogP contribution in [-0.2, 0) is 0 Å². The number of nitrogens with one attached hydrogen (secondary N) is 1. The summed E-state index contributed by atoms with van der Waals surface area (Å²) in [5.74, 6) is 1.66. The van der Waals surface area contributed by atoms with Gasteiger partial charge in [0.05, 0.1) is 0 Å². The molecule has 17 heavy (non-hydrogen) atoms. The van der Waals surface area contributed by atoms with Crippen LogP contribution in [0.25, 0.3) is 0 Å². The summed E-state index contributed by atoms with van der Waals surface area (Å²) in [5.41, 5.74) is 0. The van der Waals surface area contributed by atoms with Crippen molar-refractivity contribution in [3.63, 3.8) is 0 Å². The molecule has 102 valence electrons. The molecule has 0 radical (unpaired) electrons. The minimum atomic E-state index is 0.647. The van der Waals surface area contributed by atoms with Crippen LogP contribution in [0.5, 0.6) is 0 Å². The van der Waals surface area contributed by atoms with Gasteiger partial charge in [-0.15, -0.1) is 0 Å². The van der Waals surface area contributed by atoms with Crippen LogP contribution in [0.1, 0.15) is 52.4 Å². The lowest BCUT2D eigenvalue weighted by Crippen LogP contribution is -2.43. The lowest BCUT2D eigenvalue weighted by Gasteiger charge is -2.27. The molecule has 1 rings (SSSR count). The molecule has 0 heterocycles. The zero-order chi connectivity index (χ0) is 12.7. The summed E-state index contributed by atoms with van der Waals surface area (Å²) in [4.78, 5) is 2.30. The fourth-order valence-corrected chi connectivity index (χ4v) is 2.79. The van der Waals surface area contributed by atoms with Crippen molar-refractivity contribution >= 4 is 0 Å². The molecular formula is C15H32N2. The topological polar surface area (TPSA) is 15.3 Å². The van der Waals surface area contributed by atoms with E-state index in [-0.39, 0.29) is 0 Å². The smallest absolute Gasteiger partial charge is 0.0217 e. The molecule has 0 aromatic carbocycles. The lowest BCUT2D eigenvalue weighted by atomic mass is 9.98. The predicted molar refractivity (Wildman–Crippen MR) is 76.4 cm³/mol. The highest BCUT2D eigenvalue weighted by Gasteiger charge is 2.17. The minimum absolute atomic E-state index is 0.647. The van der Waals surface area contributed by atoms with E-state index in [0.717, 1.165) is 18.4 Å². The van der Waals surface area contributed by atoms with E-state index in [9.17, 15) is 0 Å². The average molecular weight is 240 g/mol. The Morgan fingerprint density at radius 1 is 1.06 bits per heavy atom. The molecule has 0 aliphatic heterocycles. The van der Waals surface area contributed by atoms with Gasteiger partial charge < -0.3 is 10.2 Å². The van der Waals surface area contributed by atoms with Crippen molar-refractivity contribution in [2.45, 2.75) is 58.4 Å². The Labute approximate surface area is 108 Å². The van der Waals surface area contributed by atoms with Gasteiger partial charge in [-0.2, -0.15) is 0 Å². The maximum atomic E-state index is 3.81. The Bertz CT molecular complexity index is 181. The quantitative estimate of drug-likeness (QED) is 0.718. The van der Waals surface area contributed by atoms with Gasteiger partial charge in [0.25, 0.3) is 0 Å². The summed E-state index contributed by atoms with van der Waals surface area (Å²) < 4.78 is 0. The van der Waals surface area contributed by atoms with Crippen molar-refractivity contribution in [1.29, 1.82) is 0 Å². The van der Waals surface area contributed by atoms with Gasteiger partial charge in [-0.1, -0.05) is 39.5 Å². The molecule has 1 atom stereocenters. The van der Waals surface area contributed by atoms with Crippen molar-refractivity contribution in [1.82, 2.24) is 10.2 Å². The van der Waals surface area contributed by atoms with Crippen molar-refractivity contribution < 1.29 is 0 Å². The molecule has 1 saturated carbocycles. The number of nitrogens with zero attached hydrogens (tertiary/aromatic N) is 1. The van der Waals surface area contributed by atoms with Gasteiger partial charge in [0.15, 0.2) is 0 Å². The van der Waals surface area contributed by atoms with Crippen molar-refractivity contribution in [2.24, 2.45) is 11.8 Å². The molecule has 0 spiro atoms. The van der Waals surface area contributed by atoms with Gasteiger partial charge >= 0.3 is 0 Å². The summed E-state index contributed by atoms with van der Waals surface area (Å²) in [7, 11) is 4.34. The summed E-state index contributed by atoms with van der Waals surface area (Å²) >= 11 is 0. The number of likely N-dealkylation sites (N-methyl/N-ethyl adjacent to an activating group) is 1. The van der Waals surface area contributed by atoms with Crippen LogP contribution < -0.4 is 5.32 Å². The van der Waals surface area contributed by atoms with Crippen molar-refractivity contribution in [3.8, 4) is 0 Å². The summed E-state index contributed by atoms with van der Waals surface area (Å²) in [6.45, 7) is 7.05. The second-order valence-corrected chi connectivity index (χ2v) is 6.38. The Balaban J connectivity index is 2.29. The Hall–Kier alpha value is -0.0800. The van der Waals surface area contributed by atoms with Gasteiger partial charge in [-0.05, 0) is 45.3 Å². The lowest BCUT2D eigenvalue weighted by molar-refractivity contribution is 0.272. The first-order chi connectivity index (χ1) is 8.09. The first-order valence-corrected chi connectivity index (χ1v) is 7.47. The third-order valence-electron chi connectivity index (χ3n) is 4.01. The van der Waals surface area contributed by atoms with E-state index in [0.29, 0.717) is 6.04 Å². The monoisotopic (exact) mass is 240 g/mol. The Morgan fingerprint density at radius 3 is 2.12 bits per heavy atom. The highest BCUT2D eigenvalue weighted by Crippen LogP contribution is 2.22. The summed E-state index contributed by atoms with van der Waals surface area (Å²) in [6.07, 6.45) is 8.71. The van der Waals surface area contributed by atoms with Crippen LogP contribution in [0.4, 0.5) is 0 Å². The second kappa shape index (κ2) is 8.10. The van der Waals surface area contributed by atoms with Crippen LogP contribution in [0.3, 0.4) is 0 Å². The molecule has 0 aromatic rings.